The second-order valence-corrected chi connectivity index (χ2v) is 8.81. The maximum atomic E-state index is 12.3. The maximum Gasteiger partial charge on any atom is 0.290 e. The van der Waals surface area contributed by atoms with Gasteiger partial charge in [-0.2, -0.15) is 5.26 Å². The van der Waals surface area contributed by atoms with Gasteiger partial charge in [-0.15, -0.1) is 0 Å². The number of hydrogen-bond donors (Lipinski definition) is 2. The molecule has 0 spiro atoms. The minimum absolute atomic E-state index is 0.0219. The average Bonchev–Trinajstić information content (AvgIpc) is 3.13. The molecule has 2 aromatic carbocycles. The first kappa shape index (κ1) is 22.6. The molecule has 0 aliphatic rings. The zero-order chi connectivity index (χ0) is 22.4. The number of carbonyl (C=O) groups is 1. The van der Waals surface area contributed by atoms with Gasteiger partial charge < -0.3 is 10.6 Å². The van der Waals surface area contributed by atoms with Crippen molar-refractivity contribution in [2.75, 3.05) is 11.9 Å². The van der Waals surface area contributed by atoms with Crippen LogP contribution in [0.1, 0.15) is 23.6 Å². The Morgan fingerprint density at radius 2 is 1.97 bits per heavy atom. The van der Waals surface area contributed by atoms with Crippen molar-refractivity contribution in [3.8, 4) is 17.3 Å². The molecule has 8 nitrogen and oxygen atoms in total. The lowest BCUT2D eigenvalue weighted by Crippen LogP contribution is -2.28. The summed E-state index contributed by atoms with van der Waals surface area (Å²) < 4.78 is 0.809. The number of carbonyl (C=O) groups excluding carboxylic acids is 1. The Morgan fingerprint density at radius 3 is 2.61 bits per heavy atom. The van der Waals surface area contributed by atoms with Crippen LogP contribution in [-0.4, -0.2) is 22.4 Å². The molecule has 0 fully saturated rings. The van der Waals surface area contributed by atoms with E-state index in [4.69, 9.17) is 0 Å². The van der Waals surface area contributed by atoms with Crippen molar-refractivity contribution >= 4 is 44.0 Å². The molecular weight excluding hydrogens is 482 g/mol. The molecule has 0 radical (unpaired) electrons. The van der Waals surface area contributed by atoms with Crippen molar-refractivity contribution in [2.24, 2.45) is 0 Å². The third-order valence-electron chi connectivity index (χ3n) is 4.50. The van der Waals surface area contributed by atoms with Gasteiger partial charge in [0, 0.05) is 17.7 Å². The van der Waals surface area contributed by atoms with Gasteiger partial charge in [0.05, 0.1) is 20.9 Å². The highest BCUT2D eigenvalue weighted by atomic mass is 79.9. The molecule has 1 amide bonds. The number of nitro groups is 1. The number of nitrogens with one attached hydrogen (secondary N) is 2. The topological polar surface area (TPSA) is 121 Å². The molecule has 31 heavy (non-hydrogen) atoms. The van der Waals surface area contributed by atoms with Gasteiger partial charge in [-0.05, 0) is 27.9 Å². The summed E-state index contributed by atoms with van der Waals surface area (Å²) in [6, 6.07) is 14.9. The number of aromatic nitrogens is 1. The van der Waals surface area contributed by atoms with E-state index in [-0.39, 0.29) is 30.2 Å². The number of amides is 1. The van der Waals surface area contributed by atoms with E-state index >= 15 is 0 Å². The number of anilines is 1. The summed E-state index contributed by atoms with van der Waals surface area (Å²) in [6.45, 7) is 1.91. The number of aryl methyl sites for hydroxylation is 1. The van der Waals surface area contributed by atoms with Crippen LogP contribution in [-0.2, 0) is 17.8 Å². The molecule has 158 valence electrons. The Hall–Kier alpha value is -3.13. The Labute approximate surface area is 191 Å². The van der Waals surface area contributed by atoms with Crippen molar-refractivity contribution < 1.29 is 9.72 Å². The second-order valence-electron chi connectivity index (χ2n) is 6.49. The number of nitriles is 1. The molecule has 0 aliphatic heterocycles. The zero-order valence-electron chi connectivity index (χ0n) is 16.5. The SMILES string of the molecule is CCc1ccc(CNCC(=O)Nc2nc(-c3ccccc3)c(Br)s2)c(C#N)c1[N+](=O)[O-]. The number of nitro benzene ring substituents is 1. The molecular formula is C21H18BrN5O3S. The van der Waals surface area contributed by atoms with E-state index in [9.17, 15) is 20.2 Å². The molecule has 1 aromatic heterocycles. The second kappa shape index (κ2) is 10.3. The highest BCUT2D eigenvalue weighted by Gasteiger charge is 2.22. The molecule has 0 saturated carbocycles. The van der Waals surface area contributed by atoms with Gasteiger partial charge in [-0.1, -0.05) is 60.7 Å². The van der Waals surface area contributed by atoms with Gasteiger partial charge in [0.1, 0.15) is 11.6 Å². The first-order chi connectivity index (χ1) is 14.9. The normalized spacial score (nSPS) is 10.5. The van der Waals surface area contributed by atoms with E-state index in [2.05, 4.69) is 31.5 Å². The summed E-state index contributed by atoms with van der Waals surface area (Å²) in [5.74, 6) is -0.306. The molecule has 0 unspecified atom stereocenters. The van der Waals surface area contributed by atoms with Crippen LogP contribution >= 0.6 is 27.3 Å². The van der Waals surface area contributed by atoms with E-state index in [1.54, 1.807) is 19.1 Å². The van der Waals surface area contributed by atoms with Crippen LogP contribution in [0, 0.1) is 21.4 Å². The Bertz CT molecular complexity index is 1160. The molecule has 0 bridgehead atoms. The largest absolute Gasteiger partial charge is 0.304 e. The number of thiazole rings is 1. The fourth-order valence-corrected chi connectivity index (χ4v) is 4.55. The van der Waals surface area contributed by atoms with Gasteiger partial charge in [0.25, 0.3) is 5.69 Å². The average molecular weight is 500 g/mol. The van der Waals surface area contributed by atoms with Gasteiger partial charge in [-0.25, -0.2) is 4.98 Å². The highest BCUT2D eigenvalue weighted by molar-refractivity contribution is 9.11. The van der Waals surface area contributed by atoms with Gasteiger partial charge >= 0.3 is 0 Å². The van der Waals surface area contributed by atoms with Crippen molar-refractivity contribution in [3.63, 3.8) is 0 Å². The summed E-state index contributed by atoms with van der Waals surface area (Å²) >= 11 is 4.79. The predicted molar refractivity (Wildman–Crippen MR) is 123 cm³/mol. The number of nitrogens with zero attached hydrogens (tertiary/aromatic N) is 3. The summed E-state index contributed by atoms with van der Waals surface area (Å²) in [5.41, 5.74) is 2.51. The number of benzene rings is 2. The number of rotatable bonds is 8. The fraction of sp³-hybridized carbons (Fsp3) is 0.190. The predicted octanol–water partition coefficient (Wildman–Crippen LogP) is 4.64. The molecule has 3 rings (SSSR count). The Kier molecular flexibility index (Phi) is 7.46. The van der Waals surface area contributed by atoms with Gasteiger partial charge in [0.2, 0.25) is 5.91 Å². The van der Waals surface area contributed by atoms with E-state index in [0.717, 1.165) is 15.0 Å². The molecule has 10 heteroatoms. The van der Waals surface area contributed by atoms with Crippen LogP contribution in [0.5, 0.6) is 0 Å². The Morgan fingerprint density at radius 1 is 1.26 bits per heavy atom. The van der Waals surface area contributed by atoms with Gasteiger partial charge in [-0.3, -0.25) is 14.9 Å². The fourth-order valence-electron chi connectivity index (χ4n) is 3.05. The third-order valence-corrected chi connectivity index (χ3v) is 6.12. The third kappa shape index (κ3) is 5.32. The van der Waals surface area contributed by atoms with Crippen molar-refractivity contribution in [3.05, 3.63) is 73.1 Å². The molecule has 3 aromatic rings. The molecule has 0 atom stereocenters. The van der Waals surface area contributed by atoms with Crippen LogP contribution in [0.3, 0.4) is 0 Å². The summed E-state index contributed by atoms with van der Waals surface area (Å²) in [4.78, 5) is 27.6. The summed E-state index contributed by atoms with van der Waals surface area (Å²) in [7, 11) is 0. The minimum atomic E-state index is -0.530. The summed E-state index contributed by atoms with van der Waals surface area (Å²) in [6.07, 6.45) is 0.454. The van der Waals surface area contributed by atoms with Crippen LogP contribution in [0.4, 0.5) is 10.8 Å². The molecule has 0 aliphatic carbocycles. The van der Waals surface area contributed by atoms with Crippen molar-refractivity contribution in [2.45, 2.75) is 19.9 Å². The molecule has 1 heterocycles. The van der Waals surface area contributed by atoms with Crippen molar-refractivity contribution in [1.29, 1.82) is 5.26 Å². The maximum absolute atomic E-state index is 12.3. The standard InChI is InChI=1S/C21H18BrN5O3S/c1-2-13-8-9-15(16(10-23)19(13)27(29)30)11-24-12-17(28)25-21-26-18(20(22)31-21)14-6-4-3-5-7-14/h3-9,24H,2,11-12H2,1H3,(H,25,26,28). The van der Waals surface area contributed by atoms with Crippen LogP contribution in [0.2, 0.25) is 0 Å². The first-order valence-corrected chi connectivity index (χ1v) is 11.0. The monoisotopic (exact) mass is 499 g/mol. The van der Waals surface area contributed by atoms with Crippen molar-refractivity contribution in [1.82, 2.24) is 10.3 Å². The van der Waals surface area contributed by atoms with Crippen LogP contribution < -0.4 is 10.6 Å². The van der Waals surface area contributed by atoms with E-state index in [1.165, 1.54) is 11.3 Å². The Balaban J connectivity index is 1.63. The van der Waals surface area contributed by atoms with E-state index < -0.39 is 4.92 Å². The van der Waals surface area contributed by atoms with Crippen LogP contribution in [0.25, 0.3) is 11.3 Å². The lowest BCUT2D eigenvalue weighted by atomic mass is 10.00. The van der Waals surface area contributed by atoms with E-state index in [1.807, 2.05) is 36.4 Å². The lowest BCUT2D eigenvalue weighted by molar-refractivity contribution is -0.385. The highest BCUT2D eigenvalue weighted by Crippen LogP contribution is 2.35. The number of hydrogen-bond acceptors (Lipinski definition) is 7. The quantitative estimate of drug-likeness (QED) is 0.343. The van der Waals surface area contributed by atoms with Crippen LogP contribution in [0.15, 0.2) is 46.3 Å². The molecule has 2 N–H and O–H groups in total. The van der Waals surface area contributed by atoms with E-state index in [0.29, 0.717) is 22.7 Å². The smallest absolute Gasteiger partial charge is 0.290 e. The zero-order valence-corrected chi connectivity index (χ0v) is 18.9. The molecule has 0 saturated heterocycles. The van der Waals surface area contributed by atoms with Gasteiger partial charge in [0.15, 0.2) is 5.13 Å². The number of halogens is 1. The minimum Gasteiger partial charge on any atom is -0.304 e. The first-order valence-electron chi connectivity index (χ1n) is 9.36. The lowest BCUT2D eigenvalue weighted by Gasteiger charge is -2.09. The summed E-state index contributed by atoms with van der Waals surface area (Å²) in [5, 5.41) is 26.9.